The summed E-state index contributed by atoms with van der Waals surface area (Å²) in [7, 11) is 0. The summed E-state index contributed by atoms with van der Waals surface area (Å²) in [5.41, 5.74) is 11.4. The van der Waals surface area contributed by atoms with Crippen LogP contribution in [0.15, 0.2) is 73.1 Å². The van der Waals surface area contributed by atoms with Gasteiger partial charge in [0, 0.05) is 12.4 Å². The van der Waals surface area contributed by atoms with Crippen molar-refractivity contribution < 1.29 is 0 Å². The van der Waals surface area contributed by atoms with Gasteiger partial charge in [-0.2, -0.15) is 0 Å². The molecule has 0 fully saturated rings. The van der Waals surface area contributed by atoms with Crippen LogP contribution in [-0.4, -0.2) is 9.97 Å². The van der Waals surface area contributed by atoms with E-state index in [4.69, 9.17) is 9.97 Å². The molecule has 4 aromatic rings. The lowest BCUT2D eigenvalue weighted by molar-refractivity contribution is 0.761. The first-order valence-electron chi connectivity index (χ1n) is 10.1. The Morgan fingerprint density at radius 3 is 1.28 bits per heavy atom. The van der Waals surface area contributed by atoms with Gasteiger partial charge in [0.05, 0.1) is 16.8 Å². The lowest BCUT2D eigenvalue weighted by Crippen LogP contribution is -2.29. The van der Waals surface area contributed by atoms with Gasteiger partial charge in [-0.25, -0.2) is 0 Å². The second-order valence-corrected chi connectivity index (χ2v) is 8.30. The van der Waals surface area contributed by atoms with Crippen molar-refractivity contribution in [1.29, 1.82) is 0 Å². The molecule has 0 aliphatic heterocycles. The quantitative estimate of drug-likeness (QED) is 0.373. The fraction of sp³-hybridized carbons (Fsp3) is 0.185. The molecule has 142 valence electrons. The molecule has 0 bridgehead atoms. The minimum atomic E-state index is -0.413. The highest BCUT2D eigenvalue weighted by Gasteiger charge is 2.47. The second kappa shape index (κ2) is 6.38. The van der Waals surface area contributed by atoms with Crippen molar-refractivity contribution >= 4 is 0 Å². The largest absolute Gasteiger partial charge is 0.254 e. The van der Waals surface area contributed by atoms with E-state index >= 15 is 0 Å². The van der Waals surface area contributed by atoms with Gasteiger partial charge in [-0.15, -0.1) is 0 Å². The maximum atomic E-state index is 4.85. The van der Waals surface area contributed by atoms with Crippen LogP contribution in [0.1, 0.15) is 44.5 Å². The van der Waals surface area contributed by atoms with E-state index in [2.05, 4.69) is 88.4 Å². The minimum Gasteiger partial charge on any atom is -0.254 e. The molecule has 2 aromatic carbocycles. The number of aryl methyl sites for hydroxylation is 4. The van der Waals surface area contributed by atoms with Crippen LogP contribution < -0.4 is 0 Å². The number of benzene rings is 2. The van der Waals surface area contributed by atoms with Crippen LogP contribution in [0.5, 0.6) is 0 Å². The van der Waals surface area contributed by atoms with Gasteiger partial charge in [-0.1, -0.05) is 71.8 Å². The van der Waals surface area contributed by atoms with Crippen LogP contribution in [-0.2, 0) is 5.41 Å². The monoisotopic (exact) mass is 376 g/mol. The van der Waals surface area contributed by atoms with Crippen molar-refractivity contribution in [3.8, 4) is 11.4 Å². The number of nitrogens with zero attached hydrogens (tertiary/aromatic N) is 2. The first kappa shape index (κ1) is 17.8. The van der Waals surface area contributed by atoms with E-state index < -0.39 is 5.41 Å². The lowest BCUT2D eigenvalue weighted by atomic mass is 9.67. The molecule has 2 aromatic heterocycles. The van der Waals surface area contributed by atoms with Gasteiger partial charge in [-0.3, -0.25) is 9.97 Å². The molecular formula is C27H24N2. The molecule has 0 unspecified atom stereocenters. The molecule has 0 N–H and O–H groups in total. The molecule has 0 amide bonds. The molecule has 5 rings (SSSR count). The molecule has 2 heterocycles. The van der Waals surface area contributed by atoms with E-state index in [0.717, 1.165) is 22.5 Å². The van der Waals surface area contributed by atoms with E-state index in [9.17, 15) is 0 Å². The number of hydrogen-bond acceptors (Lipinski definition) is 2. The topological polar surface area (TPSA) is 25.8 Å². The Morgan fingerprint density at radius 2 is 0.897 bits per heavy atom. The predicted octanol–water partition coefficient (Wildman–Crippen LogP) is 6.07. The highest BCUT2D eigenvalue weighted by atomic mass is 14.8. The fourth-order valence-corrected chi connectivity index (χ4v) is 4.63. The third kappa shape index (κ3) is 2.56. The average molecular weight is 377 g/mol. The van der Waals surface area contributed by atoms with Gasteiger partial charge in [0.1, 0.15) is 0 Å². The Kier molecular flexibility index (Phi) is 3.92. The number of rotatable bonds is 2. The number of hydrogen-bond donors (Lipinski definition) is 0. The predicted molar refractivity (Wildman–Crippen MR) is 118 cm³/mol. The summed E-state index contributed by atoms with van der Waals surface area (Å²) in [6.07, 6.45) is 3.90. The molecule has 0 atom stereocenters. The molecule has 0 saturated heterocycles. The molecule has 0 saturated carbocycles. The van der Waals surface area contributed by atoms with Crippen LogP contribution >= 0.6 is 0 Å². The van der Waals surface area contributed by atoms with E-state index in [-0.39, 0.29) is 0 Å². The smallest absolute Gasteiger partial charge is 0.0937 e. The maximum Gasteiger partial charge on any atom is 0.0937 e. The van der Waals surface area contributed by atoms with E-state index in [0.29, 0.717) is 0 Å². The van der Waals surface area contributed by atoms with Crippen molar-refractivity contribution in [3.63, 3.8) is 0 Å². The summed E-state index contributed by atoms with van der Waals surface area (Å²) in [5.74, 6) is 0. The molecule has 0 spiro atoms. The third-order valence-electron chi connectivity index (χ3n) is 6.05. The normalized spacial score (nSPS) is 13.8. The second-order valence-electron chi connectivity index (χ2n) is 8.30. The van der Waals surface area contributed by atoms with Crippen LogP contribution in [0.4, 0.5) is 0 Å². The molecular weight excluding hydrogens is 352 g/mol. The third-order valence-corrected chi connectivity index (χ3v) is 6.05. The molecule has 2 heteroatoms. The van der Waals surface area contributed by atoms with Gasteiger partial charge in [0.15, 0.2) is 0 Å². The highest BCUT2D eigenvalue weighted by Crippen LogP contribution is 2.55. The van der Waals surface area contributed by atoms with Gasteiger partial charge in [0.25, 0.3) is 0 Å². The Hall–Kier alpha value is -3.26. The Labute approximate surface area is 172 Å². The van der Waals surface area contributed by atoms with Crippen molar-refractivity contribution in [3.05, 3.63) is 118 Å². The highest BCUT2D eigenvalue weighted by molar-refractivity contribution is 5.82. The Bertz CT molecular complexity index is 1120. The van der Waals surface area contributed by atoms with E-state index in [1.54, 1.807) is 0 Å². The molecule has 1 aliphatic rings. The summed E-state index contributed by atoms with van der Waals surface area (Å²) in [6.45, 7) is 8.50. The molecule has 29 heavy (non-hydrogen) atoms. The first-order chi connectivity index (χ1) is 14.0. The zero-order valence-corrected chi connectivity index (χ0v) is 17.3. The Balaban J connectivity index is 1.97. The lowest BCUT2D eigenvalue weighted by Gasteiger charge is -2.33. The van der Waals surface area contributed by atoms with Crippen molar-refractivity contribution in [2.24, 2.45) is 0 Å². The number of fused-ring (bicyclic) bond motifs is 3. The summed E-state index contributed by atoms with van der Waals surface area (Å²) < 4.78 is 0. The van der Waals surface area contributed by atoms with Gasteiger partial charge in [0.2, 0.25) is 0 Å². The van der Waals surface area contributed by atoms with Gasteiger partial charge in [-0.05, 0) is 61.1 Å². The van der Waals surface area contributed by atoms with Crippen molar-refractivity contribution in [2.45, 2.75) is 33.1 Å². The van der Waals surface area contributed by atoms with E-state index in [1.807, 2.05) is 12.4 Å². The Morgan fingerprint density at radius 1 is 0.517 bits per heavy atom. The summed E-state index contributed by atoms with van der Waals surface area (Å²) >= 11 is 0. The summed E-state index contributed by atoms with van der Waals surface area (Å²) in [6, 6.07) is 22.4. The summed E-state index contributed by atoms with van der Waals surface area (Å²) in [4.78, 5) is 9.70. The van der Waals surface area contributed by atoms with Crippen LogP contribution in [0.25, 0.3) is 11.4 Å². The molecule has 1 aliphatic carbocycles. The van der Waals surface area contributed by atoms with Gasteiger partial charge >= 0.3 is 0 Å². The molecule has 2 nitrogen and oxygen atoms in total. The van der Waals surface area contributed by atoms with Crippen LogP contribution in [0, 0.1) is 27.7 Å². The number of pyridine rings is 2. The van der Waals surface area contributed by atoms with Gasteiger partial charge < -0.3 is 0 Å². The minimum absolute atomic E-state index is 0.413. The standard InChI is InChI=1S/C27H24N2/c1-17-5-9-21(10-6-17)27(22-11-7-18(2)8-12-22)23-13-19(3)15-28-25(23)26-24(27)14-20(4)16-29-26/h5-16H,1-4H3. The fourth-order valence-electron chi connectivity index (χ4n) is 4.63. The van der Waals surface area contributed by atoms with Crippen LogP contribution in [0.3, 0.4) is 0 Å². The SMILES string of the molecule is Cc1ccc(C2(c3ccc(C)cc3)c3cc(C)cnc3-c3ncc(C)cc32)cc1. The first-order valence-corrected chi connectivity index (χ1v) is 10.1. The van der Waals surface area contributed by atoms with Crippen LogP contribution in [0.2, 0.25) is 0 Å². The zero-order chi connectivity index (χ0) is 20.2. The number of aromatic nitrogens is 2. The zero-order valence-electron chi connectivity index (χ0n) is 17.3. The van der Waals surface area contributed by atoms with E-state index in [1.165, 1.54) is 33.4 Å². The summed E-state index contributed by atoms with van der Waals surface area (Å²) in [5, 5.41) is 0. The van der Waals surface area contributed by atoms with Crippen molar-refractivity contribution in [1.82, 2.24) is 9.97 Å². The van der Waals surface area contributed by atoms with Crippen molar-refractivity contribution in [2.75, 3.05) is 0 Å². The maximum absolute atomic E-state index is 4.85. The molecule has 0 radical (unpaired) electrons. The average Bonchev–Trinajstić information content (AvgIpc) is 2.99.